The zero-order valence-electron chi connectivity index (χ0n) is 41.6. The van der Waals surface area contributed by atoms with E-state index in [1.807, 2.05) is 0 Å². The summed E-state index contributed by atoms with van der Waals surface area (Å²) in [5.74, 6) is 0. The number of benzene rings is 15. The van der Waals surface area contributed by atoms with Crippen molar-refractivity contribution in [2.75, 3.05) is 9.80 Å². The Morgan fingerprint density at radius 3 is 0.737 bits per heavy atom. The Kier molecular flexibility index (Phi) is 10.2. The SMILES string of the molecule is c1ccc2c(-c3c4ccc(N(c5cccc6ccccc56)c5cccc6ccccc56)cc4c(-c4cccc5ccccc45)c4ccc(N(c5cccc6ccccc56)c5cccc6ccccc56)cc34)cccc2c1. The molecule has 76 heavy (non-hydrogen) atoms. The summed E-state index contributed by atoms with van der Waals surface area (Å²) in [4.78, 5) is 4.99. The molecule has 0 amide bonds. The second kappa shape index (κ2) is 17.9. The van der Waals surface area contributed by atoms with Gasteiger partial charge in [0.25, 0.3) is 0 Å². The molecule has 0 spiro atoms. The Bertz CT molecular complexity index is 4300. The molecule has 2 nitrogen and oxygen atoms in total. The number of nitrogens with zero attached hydrogens (tertiary/aromatic N) is 2. The molecule has 15 aromatic carbocycles. The summed E-state index contributed by atoms with van der Waals surface area (Å²) in [6.45, 7) is 0. The maximum Gasteiger partial charge on any atom is 0.0540 e. The van der Waals surface area contributed by atoms with E-state index in [-0.39, 0.29) is 0 Å². The minimum Gasteiger partial charge on any atom is -0.309 e. The van der Waals surface area contributed by atoms with E-state index in [1.54, 1.807) is 0 Å². The van der Waals surface area contributed by atoms with Crippen LogP contribution < -0.4 is 9.80 Å². The Hall–Kier alpha value is -10.0. The summed E-state index contributed by atoms with van der Waals surface area (Å²) in [6, 6.07) is 108. The first-order valence-corrected chi connectivity index (χ1v) is 26.2. The van der Waals surface area contributed by atoms with Crippen LogP contribution in [-0.4, -0.2) is 0 Å². The van der Waals surface area contributed by atoms with Crippen LogP contribution in [0.3, 0.4) is 0 Å². The highest BCUT2D eigenvalue weighted by Crippen LogP contribution is 2.52. The lowest BCUT2D eigenvalue weighted by molar-refractivity contribution is 1.32. The highest BCUT2D eigenvalue weighted by molar-refractivity contribution is 6.27. The van der Waals surface area contributed by atoms with Crippen molar-refractivity contribution in [2.45, 2.75) is 0 Å². The van der Waals surface area contributed by atoms with Crippen molar-refractivity contribution in [2.24, 2.45) is 0 Å². The number of hydrogen-bond donors (Lipinski definition) is 0. The van der Waals surface area contributed by atoms with Gasteiger partial charge < -0.3 is 9.80 Å². The predicted molar refractivity (Wildman–Crippen MR) is 327 cm³/mol. The molecule has 0 atom stereocenters. The van der Waals surface area contributed by atoms with Gasteiger partial charge in [0.1, 0.15) is 0 Å². The average Bonchev–Trinajstić information content (AvgIpc) is 3.49. The van der Waals surface area contributed by atoms with Gasteiger partial charge in [-0.1, -0.05) is 243 Å². The summed E-state index contributed by atoms with van der Waals surface area (Å²) < 4.78 is 0. The summed E-state index contributed by atoms with van der Waals surface area (Å²) in [6.07, 6.45) is 0. The van der Waals surface area contributed by atoms with Crippen LogP contribution in [0.2, 0.25) is 0 Å². The van der Waals surface area contributed by atoms with Crippen LogP contribution in [0.5, 0.6) is 0 Å². The third-order valence-electron chi connectivity index (χ3n) is 15.7. The molecule has 0 aromatic heterocycles. The molecule has 0 saturated heterocycles. The maximum atomic E-state index is 2.49. The standard InChI is InChI=1S/C74H48N2/c1-7-31-57-49(19-1)25-13-37-63(57)73-65-45-43-56(76(71-41-17-29-53-23-5-11-35-61(53)71)72-42-18-30-54-24-6-12-36-62(54)72)48-68(65)74(64-38-14-26-50-20-2-8-32-58(50)64)66-46-44-55(47-67(66)73)75(69-39-15-27-51-21-3-9-33-59(51)69)70-40-16-28-52-22-4-10-34-60(52)70/h1-48H. The monoisotopic (exact) mass is 964 g/mol. The van der Waals surface area contributed by atoms with Gasteiger partial charge in [-0.2, -0.15) is 0 Å². The van der Waals surface area contributed by atoms with Crippen LogP contribution in [0, 0.1) is 0 Å². The molecule has 0 unspecified atom stereocenters. The van der Waals surface area contributed by atoms with Crippen LogP contribution in [0.4, 0.5) is 34.1 Å². The zero-order valence-corrected chi connectivity index (χ0v) is 41.6. The van der Waals surface area contributed by atoms with E-state index in [0.717, 1.165) is 34.1 Å². The smallest absolute Gasteiger partial charge is 0.0540 e. The third-order valence-corrected chi connectivity index (χ3v) is 15.7. The van der Waals surface area contributed by atoms with Crippen molar-refractivity contribution < 1.29 is 0 Å². The Morgan fingerprint density at radius 1 is 0.171 bits per heavy atom. The van der Waals surface area contributed by atoms with Crippen molar-refractivity contribution in [3.63, 3.8) is 0 Å². The number of rotatable bonds is 8. The summed E-state index contributed by atoms with van der Waals surface area (Å²) in [5.41, 5.74) is 11.5. The Balaban J connectivity index is 1.10. The summed E-state index contributed by atoms with van der Waals surface area (Å²) in [7, 11) is 0. The lowest BCUT2D eigenvalue weighted by atomic mass is 9.83. The molecular weight excluding hydrogens is 917 g/mol. The second-order valence-electron chi connectivity index (χ2n) is 19.9. The van der Waals surface area contributed by atoms with Gasteiger partial charge in [-0.15, -0.1) is 0 Å². The van der Waals surface area contributed by atoms with Crippen LogP contribution in [0.25, 0.3) is 108 Å². The first-order chi connectivity index (χ1) is 37.7. The van der Waals surface area contributed by atoms with E-state index < -0.39 is 0 Å². The lowest BCUT2D eigenvalue weighted by Gasteiger charge is -2.30. The van der Waals surface area contributed by atoms with Crippen LogP contribution in [-0.2, 0) is 0 Å². The van der Waals surface area contributed by atoms with Gasteiger partial charge in [-0.25, -0.2) is 0 Å². The van der Waals surface area contributed by atoms with Crippen LogP contribution in [0.1, 0.15) is 0 Å². The molecule has 0 bridgehead atoms. The fraction of sp³-hybridized carbons (Fsp3) is 0. The Morgan fingerprint density at radius 2 is 0.421 bits per heavy atom. The molecular formula is C74H48N2. The topological polar surface area (TPSA) is 6.48 Å². The van der Waals surface area contributed by atoms with E-state index in [9.17, 15) is 0 Å². The molecule has 0 aliphatic carbocycles. The van der Waals surface area contributed by atoms with Gasteiger partial charge in [-0.05, 0) is 135 Å². The molecule has 0 saturated carbocycles. The van der Waals surface area contributed by atoms with Gasteiger partial charge in [0.15, 0.2) is 0 Å². The minimum absolute atomic E-state index is 1.08. The first kappa shape index (κ1) is 43.6. The molecule has 0 aliphatic heterocycles. The molecule has 0 fully saturated rings. The Labute approximate surface area is 441 Å². The second-order valence-corrected chi connectivity index (χ2v) is 19.9. The van der Waals surface area contributed by atoms with Crippen LogP contribution >= 0.6 is 0 Å². The predicted octanol–water partition coefficient (Wildman–Crippen LogP) is 21.2. The highest BCUT2D eigenvalue weighted by Gasteiger charge is 2.25. The molecule has 15 aromatic rings. The van der Waals surface area contributed by atoms with E-state index in [0.29, 0.717) is 0 Å². The van der Waals surface area contributed by atoms with E-state index in [1.165, 1.54) is 108 Å². The molecule has 354 valence electrons. The molecule has 2 heteroatoms. The normalized spacial score (nSPS) is 11.7. The molecule has 0 aliphatic rings. The van der Waals surface area contributed by atoms with Gasteiger partial charge in [0.05, 0.1) is 22.7 Å². The minimum atomic E-state index is 1.08. The van der Waals surface area contributed by atoms with Crippen molar-refractivity contribution in [3.8, 4) is 22.3 Å². The van der Waals surface area contributed by atoms with E-state index in [2.05, 4.69) is 301 Å². The van der Waals surface area contributed by atoms with Gasteiger partial charge >= 0.3 is 0 Å². The summed E-state index contributed by atoms with van der Waals surface area (Å²) in [5, 5.41) is 19.1. The van der Waals surface area contributed by atoms with Crippen molar-refractivity contribution in [1.29, 1.82) is 0 Å². The fourth-order valence-electron chi connectivity index (χ4n) is 12.4. The van der Waals surface area contributed by atoms with Gasteiger partial charge in [-0.3, -0.25) is 0 Å². The largest absolute Gasteiger partial charge is 0.309 e. The highest BCUT2D eigenvalue weighted by atomic mass is 15.2. The van der Waals surface area contributed by atoms with E-state index >= 15 is 0 Å². The quantitative estimate of drug-likeness (QED) is 0.140. The van der Waals surface area contributed by atoms with Gasteiger partial charge in [0.2, 0.25) is 0 Å². The van der Waals surface area contributed by atoms with Crippen molar-refractivity contribution in [3.05, 3.63) is 291 Å². The fourth-order valence-corrected chi connectivity index (χ4v) is 12.4. The summed E-state index contributed by atoms with van der Waals surface area (Å²) >= 11 is 0. The van der Waals surface area contributed by atoms with Gasteiger partial charge in [0, 0.05) is 32.9 Å². The lowest BCUT2D eigenvalue weighted by Crippen LogP contribution is -2.11. The van der Waals surface area contributed by atoms with E-state index in [4.69, 9.17) is 0 Å². The zero-order chi connectivity index (χ0) is 50.1. The molecule has 15 rings (SSSR count). The maximum absolute atomic E-state index is 2.49. The van der Waals surface area contributed by atoms with Crippen LogP contribution in [0.15, 0.2) is 291 Å². The van der Waals surface area contributed by atoms with Crippen molar-refractivity contribution in [1.82, 2.24) is 0 Å². The average molecular weight is 965 g/mol. The molecule has 0 radical (unpaired) electrons. The number of fused-ring (bicyclic) bond motifs is 8. The molecule has 0 heterocycles. The number of hydrogen-bond acceptors (Lipinski definition) is 2. The molecule has 0 N–H and O–H groups in total. The first-order valence-electron chi connectivity index (χ1n) is 26.2. The third kappa shape index (κ3) is 7.03. The van der Waals surface area contributed by atoms with Crippen molar-refractivity contribution >= 4 is 120 Å². The number of anilines is 6.